The Kier molecular flexibility index (Phi) is 3.54. The van der Waals surface area contributed by atoms with Gasteiger partial charge in [0.05, 0.1) is 6.61 Å². The molecular formula is C20H21N3OS. The molecule has 0 saturated heterocycles. The standard InChI is InChI=1S/C20H21N3OS/c1-12-19(16-9-5-7-14-6-3-4-8-15(14)16)17-10-24-11-18-22-21-13(2)23(18)20(17)25-12/h3-4,6,8,16H,5,7,9-11H2,1-2H3. The Bertz CT molecular complexity index is 956. The molecule has 0 bridgehead atoms. The van der Waals surface area contributed by atoms with E-state index < -0.39 is 0 Å². The average Bonchev–Trinajstić information content (AvgIpc) is 3.08. The predicted molar refractivity (Wildman–Crippen MR) is 98.4 cm³/mol. The molecule has 4 nitrogen and oxygen atoms in total. The maximum atomic E-state index is 5.98. The number of aromatic nitrogens is 3. The molecule has 2 aliphatic rings. The number of aryl methyl sites for hydroxylation is 3. The van der Waals surface area contributed by atoms with Gasteiger partial charge in [0, 0.05) is 16.4 Å². The molecule has 3 aromatic rings. The molecule has 1 unspecified atom stereocenters. The molecule has 1 atom stereocenters. The lowest BCUT2D eigenvalue weighted by Crippen LogP contribution is -2.13. The van der Waals surface area contributed by atoms with Crippen molar-refractivity contribution in [2.24, 2.45) is 0 Å². The predicted octanol–water partition coefficient (Wildman–Crippen LogP) is 4.44. The third-order valence-electron chi connectivity index (χ3n) is 5.50. The molecule has 0 fully saturated rings. The number of fused-ring (bicyclic) bond motifs is 4. The van der Waals surface area contributed by atoms with Gasteiger partial charge in [-0.15, -0.1) is 21.5 Å². The van der Waals surface area contributed by atoms with Crippen LogP contribution in [0.25, 0.3) is 5.00 Å². The smallest absolute Gasteiger partial charge is 0.164 e. The SMILES string of the molecule is Cc1sc2c(c1C1CCCc3ccccc31)COCc1nnc(C)n1-2. The topological polar surface area (TPSA) is 39.9 Å². The zero-order valence-electron chi connectivity index (χ0n) is 14.6. The number of hydrogen-bond donors (Lipinski definition) is 0. The van der Waals surface area contributed by atoms with Crippen LogP contribution in [-0.4, -0.2) is 14.8 Å². The van der Waals surface area contributed by atoms with Crippen LogP contribution in [0.3, 0.4) is 0 Å². The summed E-state index contributed by atoms with van der Waals surface area (Å²) in [7, 11) is 0. The molecule has 5 rings (SSSR count). The number of hydrogen-bond acceptors (Lipinski definition) is 4. The van der Waals surface area contributed by atoms with Crippen molar-refractivity contribution in [2.45, 2.75) is 52.2 Å². The van der Waals surface area contributed by atoms with Crippen LogP contribution < -0.4 is 0 Å². The second-order valence-electron chi connectivity index (χ2n) is 6.99. The first-order valence-electron chi connectivity index (χ1n) is 8.93. The highest BCUT2D eigenvalue weighted by Gasteiger charge is 2.31. The molecule has 5 heteroatoms. The fraction of sp³-hybridized carbons (Fsp3) is 0.400. The van der Waals surface area contributed by atoms with Crippen molar-refractivity contribution in [3.8, 4) is 5.00 Å². The molecular weight excluding hydrogens is 330 g/mol. The molecule has 0 spiro atoms. The van der Waals surface area contributed by atoms with Gasteiger partial charge < -0.3 is 4.74 Å². The number of ether oxygens (including phenoxy) is 1. The highest BCUT2D eigenvalue weighted by molar-refractivity contribution is 7.14. The van der Waals surface area contributed by atoms with Crippen molar-refractivity contribution >= 4 is 11.3 Å². The Hall–Kier alpha value is -1.98. The zero-order chi connectivity index (χ0) is 17.0. The molecule has 2 aromatic heterocycles. The maximum Gasteiger partial charge on any atom is 0.164 e. The van der Waals surface area contributed by atoms with E-state index in [1.807, 2.05) is 18.3 Å². The van der Waals surface area contributed by atoms with Crippen molar-refractivity contribution < 1.29 is 4.74 Å². The van der Waals surface area contributed by atoms with E-state index in [0.717, 1.165) is 11.6 Å². The van der Waals surface area contributed by atoms with Crippen molar-refractivity contribution in [3.05, 3.63) is 63.0 Å². The van der Waals surface area contributed by atoms with Crippen LogP contribution in [0.4, 0.5) is 0 Å². The zero-order valence-corrected chi connectivity index (χ0v) is 15.4. The van der Waals surface area contributed by atoms with Gasteiger partial charge in [-0.2, -0.15) is 0 Å². The van der Waals surface area contributed by atoms with Crippen molar-refractivity contribution in [1.29, 1.82) is 0 Å². The van der Waals surface area contributed by atoms with Crippen LogP contribution in [0.5, 0.6) is 0 Å². The van der Waals surface area contributed by atoms with E-state index in [4.69, 9.17) is 4.74 Å². The summed E-state index contributed by atoms with van der Waals surface area (Å²) >= 11 is 1.86. The summed E-state index contributed by atoms with van der Waals surface area (Å²) in [5, 5.41) is 9.82. The minimum absolute atomic E-state index is 0.479. The summed E-state index contributed by atoms with van der Waals surface area (Å²) in [6.45, 7) is 5.47. The molecule has 1 aromatic carbocycles. The second kappa shape index (κ2) is 5.78. The number of rotatable bonds is 1. The summed E-state index contributed by atoms with van der Waals surface area (Å²) in [5.74, 6) is 2.33. The lowest BCUT2D eigenvalue weighted by Gasteiger charge is -2.27. The summed E-state index contributed by atoms with van der Waals surface area (Å²) < 4.78 is 8.17. The van der Waals surface area contributed by atoms with Gasteiger partial charge in [-0.25, -0.2) is 0 Å². The largest absolute Gasteiger partial charge is 0.369 e. The molecule has 0 radical (unpaired) electrons. The molecule has 0 saturated carbocycles. The fourth-order valence-electron chi connectivity index (χ4n) is 4.43. The van der Waals surface area contributed by atoms with Crippen molar-refractivity contribution in [3.63, 3.8) is 0 Å². The van der Waals surface area contributed by atoms with E-state index in [-0.39, 0.29) is 0 Å². The van der Waals surface area contributed by atoms with Gasteiger partial charge in [0.15, 0.2) is 5.82 Å². The molecule has 1 aliphatic carbocycles. The Morgan fingerprint density at radius 3 is 2.96 bits per heavy atom. The Morgan fingerprint density at radius 1 is 1.16 bits per heavy atom. The third-order valence-corrected chi connectivity index (χ3v) is 6.65. The lowest BCUT2D eigenvalue weighted by atomic mass is 9.78. The monoisotopic (exact) mass is 351 g/mol. The van der Waals surface area contributed by atoms with Gasteiger partial charge in [0.2, 0.25) is 0 Å². The Balaban J connectivity index is 1.71. The van der Waals surface area contributed by atoms with Gasteiger partial charge in [0.1, 0.15) is 17.4 Å². The van der Waals surface area contributed by atoms with Crippen LogP contribution >= 0.6 is 11.3 Å². The summed E-state index contributed by atoms with van der Waals surface area (Å²) in [4.78, 5) is 1.40. The van der Waals surface area contributed by atoms with Crippen LogP contribution in [-0.2, 0) is 24.4 Å². The minimum atomic E-state index is 0.479. The normalized spacial score (nSPS) is 19.0. The quantitative estimate of drug-likeness (QED) is 0.650. The molecule has 25 heavy (non-hydrogen) atoms. The number of benzene rings is 1. The number of thiophene rings is 1. The van der Waals surface area contributed by atoms with Crippen LogP contribution in [0, 0.1) is 13.8 Å². The fourth-order valence-corrected chi connectivity index (χ4v) is 5.71. The van der Waals surface area contributed by atoms with E-state index >= 15 is 0 Å². The van der Waals surface area contributed by atoms with Crippen molar-refractivity contribution in [2.75, 3.05) is 0 Å². The van der Waals surface area contributed by atoms with E-state index in [1.54, 1.807) is 0 Å². The summed E-state index contributed by atoms with van der Waals surface area (Å²) in [6.07, 6.45) is 3.67. The molecule has 1 aliphatic heterocycles. The molecule has 0 N–H and O–H groups in total. The molecule has 3 heterocycles. The highest BCUT2D eigenvalue weighted by atomic mass is 32.1. The van der Waals surface area contributed by atoms with Gasteiger partial charge >= 0.3 is 0 Å². The highest BCUT2D eigenvalue weighted by Crippen LogP contribution is 2.45. The Labute approximate surface area is 151 Å². The first-order valence-corrected chi connectivity index (χ1v) is 9.74. The summed E-state index contributed by atoms with van der Waals surface area (Å²) in [5.41, 5.74) is 5.83. The second-order valence-corrected chi connectivity index (χ2v) is 8.19. The first-order chi connectivity index (χ1) is 12.2. The van der Waals surface area contributed by atoms with E-state index in [0.29, 0.717) is 19.1 Å². The van der Waals surface area contributed by atoms with Crippen LogP contribution in [0.2, 0.25) is 0 Å². The summed E-state index contributed by atoms with van der Waals surface area (Å²) in [6, 6.07) is 8.95. The van der Waals surface area contributed by atoms with Crippen molar-refractivity contribution in [1.82, 2.24) is 14.8 Å². The Morgan fingerprint density at radius 2 is 2.04 bits per heavy atom. The van der Waals surface area contributed by atoms with Gasteiger partial charge in [0.25, 0.3) is 0 Å². The lowest BCUT2D eigenvalue weighted by molar-refractivity contribution is 0.104. The van der Waals surface area contributed by atoms with Crippen LogP contribution in [0.1, 0.15) is 57.5 Å². The maximum absolute atomic E-state index is 5.98. The van der Waals surface area contributed by atoms with Gasteiger partial charge in [-0.05, 0) is 49.8 Å². The van der Waals surface area contributed by atoms with Gasteiger partial charge in [-0.3, -0.25) is 4.57 Å². The molecule has 0 amide bonds. The first kappa shape index (κ1) is 15.3. The average molecular weight is 351 g/mol. The number of nitrogens with zero attached hydrogens (tertiary/aromatic N) is 3. The minimum Gasteiger partial charge on any atom is -0.369 e. The molecule has 128 valence electrons. The van der Waals surface area contributed by atoms with Crippen LogP contribution in [0.15, 0.2) is 24.3 Å². The third kappa shape index (κ3) is 2.29. The van der Waals surface area contributed by atoms with E-state index in [1.165, 1.54) is 51.4 Å². The van der Waals surface area contributed by atoms with E-state index in [9.17, 15) is 0 Å². The van der Waals surface area contributed by atoms with E-state index in [2.05, 4.69) is 46.0 Å². The van der Waals surface area contributed by atoms with Gasteiger partial charge in [-0.1, -0.05) is 24.3 Å².